The maximum absolute atomic E-state index is 14.8. The van der Waals surface area contributed by atoms with E-state index in [4.69, 9.17) is 18.9 Å². The molecular formula is C45H44F2N4O7. The Balaban J connectivity index is 1.16. The summed E-state index contributed by atoms with van der Waals surface area (Å²) in [4.78, 5) is 49.7. The predicted octanol–water partition coefficient (Wildman–Crippen LogP) is 8.45. The fourth-order valence-corrected chi connectivity index (χ4v) is 8.45. The maximum Gasteiger partial charge on any atom is 0.410 e. The van der Waals surface area contributed by atoms with Crippen molar-refractivity contribution in [2.24, 2.45) is 0 Å². The molecule has 2 saturated heterocycles. The van der Waals surface area contributed by atoms with Crippen molar-refractivity contribution in [1.29, 1.82) is 0 Å². The number of likely N-dealkylation sites (tertiary alicyclic amines) is 2. The van der Waals surface area contributed by atoms with Gasteiger partial charge in [0.15, 0.2) is 0 Å². The summed E-state index contributed by atoms with van der Waals surface area (Å²) in [5, 5.41) is 1.49. The molecule has 4 heterocycles. The highest BCUT2D eigenvalue weighted by molar-refractivity contribution is 5.96. The number of amides is 2. The third-order valence-electron chi connectivity index (χ3n) is 11.2. The zero-order valence-corrected chi connectivity index (χ0v) is 32.2. The molecule has 58 heavy (non-hydrogen) atoms. The first-order valence-corrected chi connectivity index (χ1v) is 19.4. The Morgan fingerprint density at radius 1 is 0.655 bits per heavy atom. The molecule has 2 aliphatic heterocycles. The number of hydrogen-bond acceptors (Lipinski definition) is 7. The average molecular weight is 791 g/mol. The lowest BCUT2D eigenvalue weighted by Gasteiger charge is -2.25. The van der Waals surface area contributed by atoms with Gasteiger partial charge < -0.3 is 38.7 Å². The van der Waals surface area contributed by atoms with Crippen LogP contribution in [-0.4, -0.2) is 82.4 Å². The van der Waals surface area contributed by atoms with E-state index in [0.29, 0.717) is 48.2 Å². The molecule has 4 aromatic carbocycles. The number of esters is 1. The third kappa shape index (κ3) is 8.26. The van der Waals surface area contributed by atoms with Crippen LogP contribution in [0.25, 0.3) is 33.2 Å². The first kappa shape index (κ1) is 38.7. The highest BCUT2D eigenvalue weighted by Crippen LogP contribution is 2.40. The molecule has 2 fully saturated rings. The second-order valence-electron chi connectivity index (χ2n) is 15.0. The van der Waals surface area contributed by atoms with Gasteiger partial charge >= 0.3 is 18.2 Å². The summed E-state index contributed by atoms with van der Waals surface area (Å²) in [6.07, 6.45) is -0.278. The minimum atomic E-state index is -0.562. The fraction of sp³-hybridized carbons (Fsp3) is 0.311. The number of carbonyl (C=O) groups is 3. The zero-order chi connectivity index (χ0) is 40.3. The van der Waals surface area contributed by atoms with Gasteiger partial charge in [-0.15, -0.1) is 0 Å². The molecule has 4 unspecified atom stereocenters. The number of carbonyl (C=O) groups excluding carboxylic acids is 3. The van der Waals surface area contributed by atoms with E-state index in [9.17, 15) is 23.2 Å². The minimum Gasteiger partial charge on any atom is -0.461 e. The van der Waals surface area contributed by atoms with Gasteiger partial charge in [-0.1, -0.05) is 60.7 Å². The van der Waals surface area contributed by atoms with Gasteiger partial charge in [0, 0.05) is 54.3 Å². The van der Waals surface area contributed by atoms with Crippen molar-refractivity contribution in [3.05, 3.63) is 131 Å². The lowest BCUT2D eigenvalue weighted by molar-refractivity contribution is -0.145. The molecule has 0 spiro atoms. The van der Waals surface area contributed by atoms with E-state index in [1.165, 1.54) is 31.2 Å². The number of H-pyrrole nitrogens is 2. The van der Waals surface area contributed by atoms with E-state index in [2.05, 4.69) is 9.97 Å². The number of ether oxygens (including phenoxy) is 4. The number of benzene rings is 4. The highest BCUT2D eigenvalue weighted by Gasteiger charge is 2.40. The van der Waals surface area contributed by atoms with Gasteiger partial charge in [-0.25, -0.2) is 18.4 Å². The summed E-state index contributed by atoms with van der Waals surface area (Å²) < 4.78 is 52.5. The molecule has 2 N–H and O–H groups in total. The van der Waals surface area contributed by atoms with Gasteiger partial charge in [-0.3, -0.25) is 4.79 Å². The Morgan fingerprint density at radius 2 is 1.10 bits per heavy atom. The van der Waals surface area contributed by atoms with E-state index in [-0.39, 0.29) is 38.3 Å². The number of hydrogen-bond donors (Lipinski definition) is 2. The van der Waals surface area contributed by atoms with Crippen LogP contribution in [0.4, 0.5) is 18.4 Å². The number of fused-ring (bicyclic) bond motifs is 2. The number of aromatic nitrogens is 2. The van der Waals surface area contributed by atoms with Crippen molar-refractivity contribution in [2.75, 3.05) is 20.2 Å². The minimum absolute atomic E-state index is 0.0651. The first-order valence-electron chi connectivity index (χ1n) is 19.4. The van der Waals surface area contributed by atoms with Gasteiger partial charge in [0.1, 0.15) is 31.0 Å². The van der Waals surface area contributed by atoms with Crippen LogP contribution in [0.2, 0.25) is 0 Å². The molecule has 6 aromatic rings. The van der Waals surface area contributed by atoms with Crippen LogP contribution < -0.4 is 0 Å². The van der Waals surface area contributed by atoms with E-state index < -0.39 is 41.9 Å². The van der Waals surface area contributed by atoms with Crippen LogP contribution in [0.15, 0.2) is 97.1 Å². The Morgan fingerprint density at radius 3 is 1.55 bits per heavy atom. The molecule has 300 valence electrons. The summed E-state index contributed by atoms with van der Waals surface area (Å²) in [6.45, 7) is 1.99. The van der Waals surface area contributed by atoms with E-state index >= 15 is 0 Å². The first-order chi connectivity index (χ1) is 28.1. The van der Waals surface area contributed by atoms with Crippen LogP contribution in [0.1, 0.15) is 42.0 Å². The Hall–Kier alpha value is -6.21. The van der Waals surface area contributed by atoms with Gasteiger partial charge in [-0.05, 0) is 77.9 Å². The summed E-state index contributed by atoms with van der Waals surface area (Å²) >= 11 is 0. The summed E-state index contributed by atoms with van der Waals surface area (Å²) in [6, 6.07) is 27.0. The van der Waals surface area contributed by atoms with Crippen molar-refractivity contribution < 1.29 is 42.1 Å². The zero-order valence-electron chi connectivity index (χ0n) is 32.2. The lowest BCUT2D eigenvalue weighted by Crippen LogP contribution is -2.38. The quantitative estimate of drug-likeness (QED) is 0.0997. The molecule has 2 amide bonds. The summed E-state index contributed by atoms with van der Waals surface area (Å²) in [5.74, 6) is -1.32. The van der Waals surface area contributed by atoms with E-state index in [1.807, 2.05) is 60.7 Å². The normalized spacial score (nSPS) is 19.2. The largest absolute Gasteiger partial charge is 0.461 e. The van der Waals surface area contributed by atoms with Crippen LogP contribution in [0.3, 0.4) is 0 Å². The summed E-state index contributed by atoms with van der Waals surface area (Å²) in [5.41, 5.74) is 5.62. The smallest absolute Gasteiger partial charge is 0.410 e. The van der Waals surface area contributed by atoms with E-state index in [1.54, 1.807) is 29.0 Å². The SMILES string of the molecule is COC1CC(Cc2c(-c3[nH]c4cc(F)ccc4c3CC3CC(OC(C)=O)CN3C(=O)OCc3ccccc3)[nH]c3cc(F)ccc23)N(C(=O)OCc2ccccc2)C1. The van der Waals surface area contributed by atoms with Crippen LogP contribution in [0, 0.1) is 11.6 Å². The van der Waals surface area contributed by atoms with Crippen molar-refractivity contribution in [1.82, 2.24) is 19.8 Å². The Kier molecular flexibility index (Phi) is 11.1. The second-order valence-corrected chi connectivity index (χ2v) is 15.0. The molecule has 2 aromatic heterocycles. The van der Waals surface area contributed by atoms with Crippen molar-refractivity contribution in [3.8, 4) is 11.4 Å². The number of aromatic amines is 2. The second kappa shape index (κ2) is 16.7. The molecule has 2 aliphatic rings. The number of nitrogens with zero attached hydrogens (tertiary/aromatic N) is 2. The highest BCUT2D eigenvalue weighted by atomic mass is 19.1. The number of methoxy groups -OCH3 is 1. The fourth-order valence-electron chi connectivity index (χ4n) is 8.45. The van der Waals surface area contributed by atoms with Gasteiger partial charge in [0.25, 0.3) is 0 Å². The van der Waals surface area contributed by atoms with Crippen molar-refractivity contribution in [2.45, 2.75) is 70.1 Å². The Labute approximate surface area is 333 Å². The van der Waals surface area contributed by atoms with Crippen molar-refractivity contribution in [3.63, 3.8) is 0 Å². The molecule has 0 radical (unpaired) electrons. The molecule has 8 rings (SSSR count). The topological polar surface area (TPSA) is 126 Å². The van der Waals surface area contributed by atoms with Crippen LogP contribution in [-0.2, 0) is 49.8 Å². The standard InChI is InChI=1S/C45H44F2N4O7/c1-27(52)58-35-20-33(51(24-35)45(54)57-26-29-11-7-4-8-12-29)22-39-37-16-14-31(47)18-41(37)49-43(39)42-38(36-15-13-30(46)17-40(36)48-42)21-32-19-34(55-2)23-50(32)44(53)56-25-28-9-5-3-6-10-28/h3-18,32-35,48-49H,19-26H2,1-2H3. The Bertz CT molecular complexity index is 2440. The molecule has 11 nitrogen and oxygen atoms in total. The molecular weight excluding hydrogens is 747 g/mol. The van der Waals surface area contributed by atoms with Gasteiger partial charge in [-0.2, -0.15) is 0 Å². The van der Waals surface area contributed by atoms with Gasteiger partial charge in [0.05, 0.1) is 30.6 Å². The molecule has 0 saturated carbocycles. The molecule has 0 bridgehead atoms. The van der Waals surface area contributed by atoms with Gasteiger partial charge in [0.2, 0.25) is 0 Å². The molecule has 4 atom stereocenters. The monoisotopic (exact) mass is 790 g/mol. The molecule has 13 heteroatoms. The number of nitrogens with one attached hydrogen (secondary N) is 2. The lowest BCUT2D eigenvalue weighted by atomic mass is 9.95. The maximum atomic E-state index is 14.8. The van der Waals surface area contributed by atoms with E-state index in [0.717, 1.165) is 33.0 Å². The average Bonchev–Trinajstić information content (AvgIpc) is 4.00. The predicted molar refractivity (Wildman–Crippen MR) is 213 cm³/mol. The number of halogens is 2. The third-order valence-corrected chi connectivity index (χ3v) is 11.2. The van der Waals surface area contributed by atoms with Crippen LogP contribution >= 0.6 is 0 Å². The summed E-state index contributed by atoms with van der Waals surface area (Å²) in [7, 11) is 1.62. The van der Waals surface area contributed by atoms with Crippen molar-refractivity contribution >= 4 is 40.0 Å². The van der Waals surface area contributed by atoms with Crippen LogP contribution in [0.5, 0.6) is 0 Å². The molecule has 0 aliphatic carbocycles. The number of rotatable bonds is 11.